The third-order valence-corrected chi connectivity index (χ3v) is 6.92. The molecule has 0 aromatic carbocycles. The molecule has 0 radical (unpaired) electrons. The van der Waals surface area contributed by atoms with Gasteiger partial charge in [0.15, 0.2) is 5.96 Å². The van der Waals surface area contributed by atoms with E-state index < -0.39 is 0 Å². The predicted octanol–water partition coefficient (Wildman–Crippen LogP) is 1.51. The van der Waals surface area contributed by atoms with Crippen LogP contribution in [0.1, 0.15) is 35.3 Å². The minimum atomic E-state index is -0.0206. The summed E-state index contributed by atoms with van der Waals surface area (Å²) in [6, 6.07) is -0.0206. The monoisotopic (exact) mass is 406 g/mol. The molecule has 2 aliphatic heterocycles. The van der Waals surface area contributed by atoms with Gasteiger partial charge < -0.3 is 15.1 Å². The molecular formula is C20H34N6OS. The summed E-state index contributed by atoms with van der Waals surface area (Å²) in [6.07, 6.45) is 3.27. The van der Waals surface area contributed by atoms with E-state index in [1.165, 1.54) is 4.88 Å². The van der Waals surface area contributed by atoms with Gasteiger partial charge in [-0.2, -0.15) is 0 Å². The fraction of sp³-hybridized carbons (Fsp3) is 0.750. The lowest BCUT2D eigenvalue weighted by Gasteiger charge is -2.39. The van der Waals surface area contributed by atoms with Crippen LogP contribution in [0.3, 0.4) is 0 Å². The van der Waals surface area contributed by atoms with Gasteiger partial charge >= 0.3 is 0 Å². The van der Waals surface area contributed by atoms with Crippen LogP contribution in [-0.2, 0) is 11.2 Å². The molecule has 1 aromatic heterocycles. The van der Waals surface area contributed by atoms with Crippen molar-refractivity contribution in [3.8, 4) is 0 Å². The molecule has 3 heterocycles. The first-order valence-electron chi connectivity index (χ1n) is 10.4. The number of nitrogens with zero attached hydrogens (tertiary/aromatic N) is 5. The molecule has 0 aliphatic carbocycles. The molecule has 1 atom stereocenters. The van der Waals surface area contributed by atoms with Gasteiger partial charge in [-0.1, -0.05) is 0 Å². The molecule has 1 aromatic rings. The molecule has 2 aliphatic rings. The molecule has 2 fully saturated rings. The Bertz CT molecular complexity index is 689. The second-order valence-electron chi connectivity index (χ2n) is 7.70. The first-order valence-corrected chi connectivity index (χ1v) is 11.2. The molecule has 1 unspecified atom stereocenters. The summed E-state index contributed by atoms with van der Waals surface area (Å²) in [6.45, 7) is 12.5. The Morgan fingerprint density at radius 1 is 1.14 bits per heavy atom. The largest absolute Gasteiger partial charge is 0.356 e. The molecule has 2 saturated heterocycles. The minimum Gasteiger partial charge on any atom is -0.356 e. The number of amides is 1. The molecule has 0 bridgehead atoms. The number of hydrogen-bond donors (Lipinski definition) is 1. The van der Waals surface area contributed by atoms with Crippen molar-refractivity contribution >= 4 is 23.2 Å². The van der Waals surface area contributed by atoms with E-state index in [0.717, 1.165) is 81.7 Å². The number of piperazine rings is 1. The molecule has 0 spiro atoms. The number of carbonyl (C=O) groups excluding carboxylic acids is 1. The van der Waals surface area contributed by atoms with Crippen LogP contribution in [0.4, 0.5) is 0 Å². The fourth-order valence-electron chi connectivity index (χ4n) is 4.10. The number of aryl methyl sites for hydroxylation is 2. The molecular weight excluding hydrogens is 372 g/mol. The Morgan fingerprint density at radius 3 is 2.39 bits per heavy atom. The van der Waals surface area contributed by atoms with Gasteiger partial charge in [-0.15, -0.1) is 11.3 Å². The van der Waals surface area contributed by atoms with Crippen molar-refractivity contribution in [1.29, 1.82) is 0 Å². The Labute approximate surface area is 172 Å². The summed E-state index contributed by atoms with van der Waals surface area (Å²) >= 11 is 1.78. The smallest absolute Gasteiger partial charge is 0.239 e. The predicted molar refractivity (Wildman–Crippen MR) is 115 cm³/mol. The van der Waals surface area contributed by atoms with Crippen molar-refractivity contribution < 1.29 is 4.79 Å². The van der Waals surface area contributed by atoms with E-state index in [4.69, 9.17) is 0 Å². The van der Waals surface area contributed by atoms with Gasteiger partial charge in [0.1, 0.15) is 0 Å². The minimum absolute atomic E-state index is 0.0206. The summed E-state index contributed by atoms with van der Waals surface area (Å²) in [4.78, 5) is 29.6. The summed E-state index contributed by atoms with van der Waals surface area (Å²) in [5.41, 5.74) is 1.14. The highest BCUT2D eigenvalue weighted by Crippen LogP contribution is 2.17. The number of thiazole rings is 1. The van der Waals surface area contributed by atoms with E-state index in [9.17, 15) is 4.79 Å². The normalized spacial score (nSPS) is 19.9. The second-order valence-corrected chi connectivity index (χ2v) is 8.98. The average molecular weight is 407 g/mol. The van der Waals surface area contributed by atoms with Crippen LogP contribution in [0.15, 0.2) is 4.99 Å². The van der Waals surface area contributed by atoms with Gasteiger partial charge in [0.25, 0.3) is 0 Å². The number of carbonyl (C=O) groups is 1. The van der Waals surface area contributed by atoms with Crippen LogP contribution in [0.25, 0.3) is 0 Å². The van der Waals surface area contributed by atoms with Gasteiger partial charge in [-0.05, 0) is 33.6 Å². The average Bonchev–Trinajstić information content (AvgIpc) is 3.34. The number of nitrogens with one attached hydrogen (secondary N) is 1. The van der Waals surface area contributed by atoms with Crippen molar-refractivity contribution in [2.75, 3.05) is 52.9 Å². The molecule has 1 N–H and O–H groups in total. The zero-order chi connectivity index (χ0) is 20.1. The maximum atomic E-state index is 12.7. The van der Waals surface area contributed by atoms with Gasteiger partial charge in [0.2, 0.25) is 5.91 Å². The zero-order valence-corrected chi connectivity index (χ0v) is 18.5. The standard InChI is InChI=1S/C20H34N6OS/c1-15-18(28-17(3)23-15)7-8-22-20(21-4)26-13-11-24(12-14-26)16(2)19(27)25-9-5-6-10-25/h16H,5-14H2,1-4H3,(H,21,22). The summed E-state index contributed by atoms with van der Waals surface area (Å²) in [7, 11) is 1.84. The van der Waals surface area contributed by atoms with Crippen LogP contribution in [0.5, 0.6) is 0 Å². The van der Waals surface area contributed by atoms with Gasteiger partial charge in [-0.25, -0.2) is 4.98 Å². The van der Waals surface area contributed by atoms with Crippen molar-refractivity contribution in [3.63, 3.8) is 0 Å². The molecule has 0 saturated carbocycles. The SMILES string of the molecule is CN=C(NCCc1sc(C)nc1C)N1CCN(C(C)C(=O)N2CCCC2)CC1. The van der Waals surface area contributed by atoms with E-state index in [-0.39, 0.29) is 6.04 Å². The third-order valence-electron chi connectivity index (χ3n) is 5.78. The summed E-state index contributed by atoms with van der Waals surface area (Å²) < 4.78 is 0. The van der Waals surface area contributed by atoms with Gasteiger partial charge in [0.05, 0.1) is 16.7 Å². The van der Waals surface area contributed by atoms with Gasteiger partial charge in [0, 0.05) is 64.2 Å². The van der Waals surface area contributed by atoms with E-state index in [0.29, 0.717) is 5.91 Å². The van der Waals surface area contributed by atoms with Crippen LogP contribution in [0, 0.1) is 13.8 Å². The number of hydrogen-bond acceptors (Lipinski definition) is 5. The number of rotatable bonds is 5. The number of guanidine groups is 1. The van der Waals surface area contributed by atoms with Crippen LogP contribution >= 0.6 is 11.3 Å². The first-order chi connectivity index (χ1) is 13.5. The third kappa shape index (κ3) is 5.03. The van der Waals surface area contributed by atoms with E-state index >= 15 is 0 Å². The van der Waals surface area contributed by atoms with Crippen molar-refractivity contribution in [3.05, 3.63) is 15.6 Å². The Kier molecular flexibility index (Phi) is 7.29. The Hall–Kier alpha value is -1.67. The molecule has 28 heavy (non-hydrogen) atoms. The molecule has 8 heteroatoms. The maximum Gasteiger partial charge on any atom is 0.239 e. The summed E-state index contributed by atoms with van der Waals surface area (Å²) in [5, 5.41) is 4.63. The number of aromatic nitrogens is 1. The van der Waals surface area contributed by atoms with Crippen molar-refractivity contribution in [2.45, 2.75) is 46.1 Å². The number of likely N-dealkylation sites (tertiary alicyclic amines) is 1. The van der Waals surface area contributed by atoms with Crippen LogP contribution < -0.4 is 5.32 Å². The van der Waals surface area contributed by atoms with E-state index in [1.54, 1.807) is 11.3 Å². The lowest BCUT2D eigenvalue weighted by atomic mass is 10.2. The lowest BCUT2D eigenvalue weighted by molar-refractivity contribution is -0.135. The molecule has 156 valence electrons. The fourth-order valence-corrected chi connectivity index (χ4v) is 5.04. The van der Waals surface area contributed by atoms with Crippen LogP contribution in [0.2, 0.25) is 0 Å². The van der Waals surface area contributed by atoms with E-state index in [2.05, 4.69) is 45.9 Å². The molecule has 3 rings (SSSR count). The molecule has 7 nitrogen and oxygen atoms in total. The highest BCUT2D eigenvalue weighted by atomic mass is 32.1. The molecule has 1 amide bonds. The van der Waals surface area contributed by atoms with Crippen molar-refractivity contribution in [1.82, 2.24) is 25.0 Å². The quantitative estimate of drug-likeness (QED) is 0.593. The zero-order valence-electron chi connectivity index (χ0n) is 17.7. The first kappa shape index (κ1) is 21.0. The topological polar surface area (TPSA) is 64.1 Å². The Balaban J connectivity index is 1.44. The highest BCUT2D eigenvalue weighted by molar-refractivity contribution is 7.11. The summed E-state index contributed by atoms with van der Waals surface area (Å²) in [5.74, 6) is 1.25. The van der Waals surface area contributed by atoms with Gasteiger partial charge in [-0.3, -0.25) is 14.7 Å². The maximum absolute atomic E-state index is 12.7. The highest BCUT2D eigenvalue weighted by Gasteiger charge is 2.30. The van der Waals surface area contributed by atoms with Crippen LogP contribution in [-0.4, -0.2) is 90.5 Å². The lowest BCUT2D eigenvalue weighted by Crippen LogP contribution is -2.57. The van der Waals surface area contributed by atoms with Crippen molar-refractivity contribution in [2.24, 2.45) is 4.99 Å². The second kappa shape index (κ2) is 9.69. The Morgan fingerprint density at radius 2 is 1.82 bits per heavy atom. The van der Waals surface area contributed by atoms with E-state index in [1.807, 2.05) is 11.9 Å². The number of aliphatic imine (C=N–C) groups is 1.